The quantitative estimate of drug-likeness (QED) is 0.521. The largest absolute Gasteiger partial charge is 0.383 e. The molecule has 20 heavy (non-hydrogen) atoms. The van der Waals surface area contributed by atoms with Gasteiger partial charge in [0.15, 0.2) is 10.6 Å². The summed E-state index contributed by atoms with van der Waals surface area (Å²) in [6.45, 7) is 0.822. The van der Waals surface area contributed by atoms with E-state index in [2.05, 4.69) is 10.2 Å². The zero-order valence-electron chi connectivity index (χ0n) is 10.5. The highest BCUT2D eigenvalue weighted by Gasteiger charge is 2.23. The molecule has 2 rings (SSSR count). The highest BCUT2D eigenvalue weighted by molar-refractivity contribution is 7.71. The Morgan fingerprint density at radius 3 is 3.00 bits per heavy atom. The van der Waals surface area contributed by atoms with Gasteiger partial charge in [0.2, 0.25) is 0 Å². The van der Waals surface area contributed by atoms with Crippen LogP contribution in [-0.4, -0.2) is 33.4 Å². The van der Waals surface area contributed by atoms with Gasteiger partial charge in [-0.2, -0.15) is 5.10 Å². The molecule has 0 spiro atoms. The molecule has 0 atom stereocenters. The first-order valence-corrected chi connectivity index (χ1v) is 6.42. The Bertz CT molecular complexity index is 697. The third-order valence-corrected chi connectivity index (χ3v) is 3.32. The molecule has 1 aromatic carbocycles. The van der Waals surface area contributed by atoms with Crippen molar-refractivity contribution in [3.63, 3.8) is 0 Å². The average Bonchev–Trinajstić information content (AvgIpc) is 2.77. The van der Waals surface area contributed by atoms with Gasteiger partial charge in [-0.05, 0) is 18.3 Å². The minimum absolute atomic E-state index is 0.120. The Hall–Kier alpha value is -1.77. The highest BCUT2D eigenvalue weighted by atomic mass is 35.5. The Morgan fingerprint density at radius 2 is 2.35 bits per heavy atom. The number of hydrogen-bond donors (Lipinski definition) is 1. The van der Waals surface area contributed by atoms with Crippen molar-refractivity contribution in [3.05, 3.63) is 38.1 Å². The molecule has 0 fully saturated rings. The van der Waals surface area contributed by atoms with E-state index in [1.54, 1.807) is 17.7 Å². The second-order valence-corrected chi connectivity index (χ2v) is 4.68. The minimum atomic E-state index is -0.500. The molecular weight excluding hydrogens is 304 g/mol. The van der Waals surface area contributed by atoms with Crippen molar-refractivity contribution in [3.8, 4) is 11.4 Å². The molecule has 9 heteroatoms. The molecule has 0 saturated heterocycles. The maximum atomic E-state index is 11.1. The van der Waals surface area contributed by atoms with E-state index < -0.39 is 4.92 Å². The fraction of sp³-hybridized carbons (Fsp3) is 0.273. The fourth-order valence-corrected chi connectivity index (χ4v) is 2.26. The average molecular weight is 315 g/mol. The lowest BCUT2D eigenvalue weighted by atomic mass is 10.1. The molecule has 0 aliphatic rings. The summed E-state index contributed by atoms with van der Waals surface area (Å²) in [5.74, 6) is 0.323. The van der Waals surface area contributed by atoms with Crippen molar-refractivity contribution in [2.45, 2.75) is 6.54 Å². The molecule has 0 saturated carbocycles. The zero-order chi connectivity index (χ0) is 14.7. The van der Waals surface area contributed by atoms with Crippen molar-refractivity contribution < 1.29 is 9.66 Å². The number of nitrogens with zero attached hydrogens (tertiary/aromatic N) is 3. The number of halogens is 1. The number of benzene rings is 1. The van der Waals surface area contributed by atoms with Crippen molar-refractivity contribution in [2.24, 2.45) is 0 Å². The lowest BCUT2D eigenvalue weighted by Crippen LogP contribution is -2.07. The van der Waals surface area contributed by atoms with Crippen molar-refractivity contribution >= 4 is 29.5 Å². The van der Waals surface area contributed by atoms with Gasteiger partial charge in [-0.15, -0.1) is 0 Å². The van der Waals surface area contributed by atoms with E-state index in [9.17, 15) is 10.1 Å². The lowest BCUT2D eigenvalue weighted by molar-refractivity contribution is -0.384. The van der Waals surface area contributed by atoms with Crippen LogP contribution < -0.4 is 0 Å². The van der Waals surface area contributed by atoms with Crippen LogP contribution in [-0.2, 0) is 11.3 Å². The summed E-state index contributed by atoms with van der Waals surface area (Å²) in [7, 11) is 1.56. The molecule has 1 N–H and O–H groups in total. The molecule has 0 aliphatic carbocycles. The van der Waals surface area contributed by atoms with Gasteiger partial charge in [-0.3, -0.25) is 19.8 Å². The third kappa shape index (κ3) is 2.72. The maximum absolute atomic E-state index is 11.1. The number of nitrogens with one attached hydrogen (secondary N) is 1. The molecule has 0 unspecified atom stereocenters. The van der Waals surface area contributed by atoms with Crippen molar-refractivity contribution in [1.29, 1.82) is 0 Å². The first-order valence-electron chi connectivity index (χ1n) is 5.63. The Labute approximate surface area is 124 Å². The summed E-state index contributed by atoms with van der Waals surface area (Å²) in [4.78, 5) is 10.6. The van der Waals surface area contributed by atoms with Gasteiger partial charge in [0.1, 0.15) is 5.56 Å². The number of aromatic amines is 1. The lowest BCUT2D eigenvalue weighted by Gasteiger charge is -2.08. The molecule has 0 radical (unpaired) electrons. The summed E-state index contributed by atoms with van der Waals surface area (Å²) >= 11 is 11.2. The van der Waals surface area contributed by atoms with Crippen LogP contribution in [0.15, 0.2) is 18.2 Å². The highest BCUT2D eigenvalue weighted by Crippen LogP contribution is 2.34. The molecule has 2 aromatic rings. The minimum Gasteiger partial charge on any atom is -0.383 e. The van der Waals surface area contributed by atoms with Gasteiger partial charge in [-0.1, -0.05) is 17.7 Å². The van der Waals surface area contributed by atoms with Crippen LogP contribution in [0.4, 0.5) is 5.69 Å². The van der Waals surface area contributed by atoms with E-state index in [0.717, 1.165) is 0 Å². The van der Waals surface area contributed by atoms with E-state index in [4.69, 9.17) is 28.6 Å². The van der Waals surface area contributed by atoms with Gasteiger partial charge < -0.3 is 4.74 Å². The first kappa shape index (κ1) is 14.6. The number of ether oxygens (including phenoxy) is 1. The van der Waals surface area contributed by atoms with Crippen LogP contribution >= 0.6 is 23.8 Å². The molecule has 0 amide bonds. The maximum Gasteiger partial charge on any atom is 0.281 e. The molecule has 1 aromatic heterocycles. The number of rotatable bonds is 5. The fourth-order valence-electron chi connectivity index (χ4n) is 1.78. The zero-order valence-corrected chi connectivity index (χ0v) is 12.1. The van der Waals surface area contributed by atoms with Crippen LogP contribution in [0.3, 0.4) is 0 Å². The molecule has 0 bridgehead atoms. The van der Waals surface area contributed by atoms with E-state index >= 15 is 0 Å². The van der Waals surface area contributed by atoms with E-state index in [1.165, 1.54) is 12.1 Å². The van der Waals surface area contributed by atoms with Crippen LogP contribution in [0, 0.1) is 14.9 Å². The molecule has 7 nitrogen and oxygen atoms in total. The van der Waals surface area contributed by atoms with Gasteiger partial charge in [0, 0.05) is 13.2 Å². The summed E-state index contributed by atoms with van der Waals surface area (Å²) in [5, 5.41) is 18.0. The van der Waals surface area contributed by atoms with E-state index in [0.29, 0.717) is 23.7 Å². The van der Waals surface area contributed by atoms with Gasteiger partial charge >= 0.3 is 0 Å². The standard InChI is InChI=1S/C11H11ClN4O3S/c1-19-6-5-15-10(13-14-11(15)20)9-7(12)3-2-4-8(9)16(17)18/h2-4H,5-6H2,1H3,(H,14,20). The summed E-state index contributed by atoms with van der Waals surface area (Å²) < 4.78 is 6.96. The normalized spacial score (nSPS) is 10.7. The second-order valence-electron chi connectivity index (χ2n) is 3.89. The monoisotopic (exact) mass is 314 g/mol. The van der Waals surface area contributed by atoms with Crippen LogP contribution in [0.2, 0.25) is 5.02 Å². The van der Waals surface area contributed by atoms with Gasteiger partial charge in [0.05, 0.1) is 23.1 Å². The SMILES string of the molecule is COCCn1c(-c2c(Cl)cccc2[N+](=O)[O-])n[nH]c1=S. The Morgan fingerprint density at radius 1 is 1.60 bits per heavy atom. The van der Waals surface area contributed by atoms with Gasteiger partial charge in [0.25, 0.3) is 5.69 Å². The van der Waals surface area contributed by atoms with E-state index in [-0.39, 0.29) is 16.3 Å². The molecular formula is C11H11ClN4O3S. The van der Waals surface area contributed by atoms with Crippen LogP contribution in [0.5, 0.6) is 0 Å². The molecule has 106 valence electrons. The third-order valence-electron chi connectivity index (χ3n) is 2.69. The Kier molecular flexibility index (Phi) is 4.48. The smallest absolute Gasteiger partial charge is 0.281 e. The topological polar surface area (TPSA) is 86.0 Å². The number of hydrogen-bond acceptors (Lipinski definition) is 5. The van der Waals surface area contributed by atoms with E-state index in [1.807, 2.05) is 0 Å². The number of aromatic nitrogens is 3. The number of H-pyrrole nitrogens is 1. The predicted molar refractivity (Wildman–Crippen MR) is 76.4 cm³/mol. The molecule has 0 aliphatic heterocycles. The number of nitro groups is 1. The van der Waals surface area contributed by atoms with Crippen molar-refractivity contribution in [2.75, 3.05) is 13.7 Å². The summed E-state index contributed by atoms with van der Waals surface area (Å²) in [5.41, 5.74) is 0.118. The summed E-state index contributed by atoms with van der Waals surface area (Å²) in [6.07, 6.45) is 0. The van der Waals surface area contributed by atoms with Crippen LogP contribution in [0.25, 0.3) is 11.4 Å². The number of methoxy groups -OCH3 is 1. The van der Waals surface area contributed by atoms with Crippen molar-refractivity contribution in [1.82, 2.24) is 14.8 Å². The first-order chi connectivity index (χ1) is 9.56. The molecule has 1 heterocycles. The number of nitro benzene ring substituents is 1. The second kappa shape index (κ2) is 6.12. The Balaban J connectivity index is 2.63. The summed E-state index contributed by atoms with van der Waals surface area (Å²) in [6, 6.07) is 4.46. The van der Waals surface area contributed by atoms with Crippen LogP contribution in [0.1, 0.15) is 0 Å². The van der Waals surface area contributed by atoms with Gasteiger partial charge in [-0.25, -0.2) is 0 Å². The predicted octanol–water partition coefficient (Wildman–Crippen LogP) is 2.82.